The lowest BCUT2D eigenvalue weighted by molar-refractivity contribution is 0.279. The number of nitrogens with zero attached hydrogens (tertiary/aromatic N) is 2. The highest BCUT2D eigenvalue weighted by Crippen LogP contribution is 2.32. The fraction of sp³-hybridized carbons (Fsp3) is 0.545. The van der Waals surface area contributed by atoms with Crippen LogP contribution in [0.25, 0.3) is 0 Å². The predicted molar refractivity (Wildman–Crippen MR) is 58.5 cm³/mol. The van der Waals surface area contributed by atoms with Crippen molar-refractivity contribution in [2.45, 2.75) is 19.4 Å². The summed E-state index contributed by atoms with van der Waals surface area (Å²) in [4.78, 5) is 14.2. The smallest absolute Gasteiger partial charge is 0.179 e. The summed E-state index contributed by atoms with van der Waals surface area (Å²) >= 11 is 0. The summed E-state index contributed by atoms with van der Waals surface area (Å²) in [6.07, 6.45) is 4.02. The Balaban J connectivity index is 2.09. The molecular formula is C11H14N2O3. The number of aromatic nitrogens is 1. The summed E-state index contributed by atoms with van der Waals surface area (Å²) in [5.41, 5.74) is 0.599. The Labute approximate surface area is 93.8 Å². The molecule has 2 rings (SSSR count). The van der Waals surface area contributed by atoms with Gasteiger partial charge >= 0.3 is 0 Å². The van der Waals surface area contributed by atoms with Crippen LogP contribution in [0.1, 0.15) is 18.5 Å². The Kier molecular flexibility index (Phi) is 3.34. The van der Waals surface area contributed by atoms with Crippen molar-refractivity contribution in [3.05, 3.63) is 22.9 Å². The summed E-state index contributed by atoms with van der Waals surface area (Å²) in [6, 6.07) is 1.71. The molecule has 0 unspecified atom stereocenters. The molecule has 0 amide bonds. The van der Waals surface area contributed by atoms with Gasteiger partial charge in [0.15, 0.2) is 11.5 Å². The molecule has 1 aliphatic rings. The van der Waals surface area contributed by atoms with Gasteiger partial charge in [0, 0.05) is 6.07 Å². The van der Waals surface area contributed by atoms with Crippen LogP contribution in [-0.2, 0) is 6.54 Å². The zero-order valence-corrected chi connectivity index (χ0v) is 9.18. The molecule has 5 nitrogen and oxygen atoms in total. The van der Waals surface area contributed by atoms with Gasteiger partial charge in [0.2, 0.25) is 0 Å². The van der Waals surface area contributed by atoms with E-state index in [-0.39, 0.29) is 6.54 Å². The van der Waals surface area contributed by atoms with Gasteiger partial charge < -0.3 is 9.47 Å². The highest BCUT2D eigenvalue weighted by molar-refractivity contribution is 5.39. The first kappa shape index (κ1) is 10.9. The molecule has 0 radical (unpaired) electrons. The van der Waals surface area contributed by atoms with Gasteiger partial charge in [0.25, 0.3) is 0 Å². The van der Waals surface area contributed by atoms with Crippen LogP contribution in [0.3, 0.4) is 0 Å². The number of rotatable bonds is 6. The molecule has 86 valence electrons. The normalized spacial score (nSPS) is 14.6. The molecule has 0 N–H and O–H groups in total. The summed E-state index contributed by atoms with van der Waals surface area (Å²) < 4.78 is 10.8. The van der Waals surface area contributed by atoms with Gasteiger partial charge in [-0.25, -0.2) is 0 Å². The molecule has 0 aromatic carbocycles. The molecule has 1 aliphatic carbocycles. The minimum absolute atomic E-state index is 0.0593. The lowest BCUT2D eigenvalue weighted by Gasteiger charge is -2.10. The predicted octanol–water partition coefficient (Wildman–Crippen LogP) is 2.15. The molecule has 1 fully saturated rings. The van der Waals surface area contributed by atoms with Crippen molar-refractivity contribution in [3.63, 3.8) is 0 Å². The second-order valence-corrected chi connectivity index (χ2v) is 3.87. The molecular weight excluding hydrogens is 208 g/mol. The Morgan fingerprint density at radius 2 is 2.31 bits per heavy atom. The van der Waals surface area contributed by atoms with Crippen LogP contribution in [0, 0.1) is 10.8 Å². The number of pyridine rings is 1. The van der Waals surface area contributed by atoms with Crippen LogP contribution in [0.4, 0.5) is 0 Å². The van der Waals surface area contributed by atoms with Crippen LogP contribution in [0.5, 0.6) is 11.5 Å². The molecule has 1 aromatic rings. The van der Waals surface area contributed by atoms with E-state index in [0.29, 0.717) is 29.7 Å². The maximum absolute atomic E-state index is 10.2. The van der Waals surface area contributed by atoms with E-state index in [2.05, 4.69) is 10.2 Å². The summed E-state index contributed by atoms with van der Waals surface area (Å²) in [7, 11) is 1.57. The summed E-state index contributed by atoms with van der Waals surface area (Å²) in [6.45, 7) is 0.762. The van der Waals surface area contributed by atoms with Crippen molar-refractivity contribution in [1.29, 1.82) is 0 Å². The van der Waals surface area contributed by atoms with Gasteiger partial charge in [-0.1, -0.05) is 5.18 Å². The summed E-state index contributed by atoms with van der Waals surface area (Å²) in [5, 5.41) is 2.80. The Morgan fingerprint density at radius 1 is 1.50 bits per heavy atom. The number of hydrogen-bond donors (Lipinski definition) is 0. The third-order valence-corrected chi connectivity index (χ3v) is 2.51. The lowest BCUT2D eigenvalue weighted by atomic mass is 10.3. The van der Waals surface area contributed by atoms with Gasteiger partial charge in [0.05, 0.1) is 25.6 Å². The zero-order valence-electron chi connectivity index (χ0n) is 9.18. The van der Waals surface area contributed by atoms with Crippen molar-refractivity contribution in [2.75, 3.05) is 13.7 Å². The molecule has 1 saturated carbocycles. The van der Waals surface area contributed by atoms with E-state index in [4.69, 9.17) is 9.47 Å². The van der Waals surface area contributed by atoms with Crippen molar-refractivity contribution in [1.82, 2.24) is 4.98 Å². The molecule has 1 heterocycles. The van der Waals surface area contributed by atoms with Crippen molar-refractivity contribution < 1.29 is 9.47 Å². The van der Waals surface area contributed by atoms with E-state index >= 15 is 0 Å². The fourth-order valence-electron chi connectivity index (χ4n) is 1.38. The molecule has 0 atom stereocenters. The number of hydrogen-bond acceptors (Lipinski definition) is 5. The monoisotopic (exact) mass is 222 g/mol. The minimum Gasteiger partial charge on any atom is -0.491 e. The molecule has 16 heavy (non-hydrogen) atoms. The number of methoxy groups -OCH3 is 1. The second kappa shape index (κ2) is 4.92. The third-order valence-electron chi connectivity index (χ3n) is 2.51. The molecule has 5 heteroatoms. The fourth-order valence-corrected chi connectivity index (χ4v) is 1.38. The first-order chi connectivity index (χ1) is 7.83. The van der Waals surface area contributed by atoms with Crippen molar-refractivity contribution >= 4 is 0 Å². The van der Waals surface area contributed by atoms with Crippen molar-refractivity contribution in [2.24, 2.45) is 11.1 Å². The Hall–Kier alpha value is -1.65. The quantitative estimate of drug-likeness (QED) is 0.692. The highest BCUT2D eigenvalue weighted by Gasteiger charge is 2.22. The summed E-state index contributed by atoms with van der Waals surface area (Å²) in [5.74, 6) is 1.91. The van der Waals surface area contributed by atoms with E-state index in [1.807, 2.05) is 0 Å². The first-order valence-electron chi connectivity index (χ1n) is 5.28. The van der Waals surface area contributed by atoms with Gasteiger partial charge in [-0.2, -0.15) is 4.91 Å². The average Bonchev–Trinajstić information content (AvgIpc) is 3.11. The van der Waals surface area contributed by atoms with Gasteiger partial charge in [-0.15, -0.1) is 0 Å². The number of nitroso groups, excluding NO2 is 1. The molecule has 0 saturated heterocycles. The van der Waals surface area contributed by atoms with E-state index in [9.17, 15) is 4.91 Å². The Bertz CT molecular complexity index is 377. The van der Waals surface area contributed by atoms with E-state index in [1.54, 1.807) is 19.4 Å². The third kappa shape index (κ3) is 2.68. The maximum Gasteiger partial charge on any atom is 0.179 e. The largest absolute Gasteiger partial charge is 0.491 e. The van der Waals surface area contributed by atoms with E-state index < -0.39 is 0 Å². The second-order valence-electron chi connectivity index (χ2n) is 3.87. The molecule has 1 aromatic heterocycles. The number of ether oxygens (including phenoxy) is 2. The standard InChI is InChI=1S/C11H14N2O3/c1-15-11-6-12-9(5-13-14)4-10(11)16-7-8-2-3-8/h4,6,8H,2-3,5,7H2,1H3. The SMILES string of the molecule is COc1cnc(CN=O)cc1OCC1CC1. The van der Waals surface area contributed by atoms with Crippen LogP contribution >= 0.6 is 0 Å². The molecule has 0 spiro atoms. The van der Waals surface area contributed by atoms with Gasteiger partial charge in [-0.3, -0.25) is 4.98 Å². The van der Waals surface area contributed by atoms with E-state index in [1.165, 1.54) is 12.8 Å². The van der Waals surface area contributed by atoms with E-state index in [0.717, 1.165) is 0 Å². The van der Waals surface area contributed by atoms with Gasteiger partial charge in [0.1, 0.15) is 6.54 Å². The van der Waals surface area contributed by atoms with Gasteiger partial charge in [-0.05, 0) is 18.8 Å². The molecule has 0 aliphatic heterocycles. The van der Waals surface area contributed by atoms with Crippen molar-refractivity contribution in [3.8, 4) is 11.5 Å². The zero-order chi connectivity index (χ0) is 11.4. The topological polar surface area (TPSA) is 60.8 Å². The van der Waals surface area contributed by atoms with Crippen LogP contribution in [0.15, 0.2) is 17.4 Å². The average molecular weight is 222 g/mol. The first-order valence-corrected chi connectivity index (χ1v) is 5.28. The van der Waals surface area contributed by atoms with Crippen LogP contribution in [-0.4, -0.2) is 18.7 Å². The minimum atomic E-state index is 0.0593. The molecule has 0 bridgehead atoms. The highest BCUT2D eigenvalue weighted by atomic mass is 16.5. The maximum atomic E-state index is 10.2. The van der Waals surface area contributed by atoms with Crippen LogP contribution in [0.2, 0.25) is 0 Å². The Morgan fingerprint density at radius 3 is 2.94 bits per heavy atom. The van der Waals surface area contributed by atoms with Crippen LogP contribution < -0.4 is 9.47 Å². The lowest BCUT2D eigenvalue weighted by Crippen LogP contribution is -2.02.